The Bertz CT molecular complexity index is 756. The number of carbonyl (C=O) groups excluding carboxylic acids is 1. The van der Waals surface area contributed by atoms with Crippen molar-refractivity contribution in [3.63, 3.8) is 0 Å². The van der Waals surface area contributed by atoms with Gasteiger partial charge >= 0.3 is 5.97 Å². The molecule has 0 aromatic heterocycles. The van der Waals surface area contributed by atoms with Crippen LogP contribution in [-0.2, 0) is 9.53 Å². The highest BCUT2D eigenvalue weighted by Gasteiger charge is 2.68. The van der Waals surface area contributed by atoms with Crippen LogP contribution < -0.4 is 0 Å². The minimum Gasteiger partial charge on any atom is -0.469 e. The zero-order valence-electron chi connectivity index (χ0n) is 22.1. The van der Waals surface area contributed by atoms with E-state index in [0.29, 0.717) is 27.6 Å². The van der Waals surface area contributed by atoms with E-state index in [9.17, 15) is 4.79 Å². The summed E-state index contributed by atoms with van der Waals surface area (Å²) in [6, 6.07) is 0. The first kappa shape index (κ1) is 23.2. The normalized spacial score (nSPS) is 52.7. The lowest BCUT2D eigenvalue weighted by Gasteiger charge is -2.71. The molecule has 32 heavy (non-hydrogen) atoms. The zero-order valence-corrected chi connectivity index (χ0v) is 22.1. The second-order valence-electron chi connectivity index (χ2n) is 14.4. The van der Waals surface area contributed by atoms with Crippen LogP contribution in [0, 0.1) is 63.1 Å². The Labute approximate surface area is 198 Å². The summed E-state index contributed by atoms with van der Waals surface area (Å²) in [5.74, 6) is 4.92. The van der Waals surface area contributed by atoms with E-state index in [2.05, 4.69) is 41.5 Å². The second-order valence-corrected chi connectivity index (χ2v) is 14.4. The lowest BCUT2D eigenvalue weighted by atomic mass is 9.33. The first-order valence-corrected chi connectivity index (χ1v) is 14.1. The molecule has 5 rings (SSSR count). The van der Waals surface area contributed by atoms with Crippen LogP contribution in [0.15, 0.2) is 0 Å². The van der Waals surface area contributed by atoms with Gasteiger partial charge in [-0.05, 0) is 121 Å². The molecule has 0 aliphatic heterocycles. The van der Waals surface area contributed by atoms with Crippen molar-refractivity contribution in [1.29, 1.82) is 0 Å². The first-order chi connectivity index (χ1) is 15.0. The maximum absolute atomic E-state index is 12.4. The number of esters is 1. The quantitative estimate of drug-likeness (QED) is 0.406. The summed E-state index contributed by atoms with van der Waals surface area (Å²) in [6.45, 7) is 15.5. The molecular weight excluding hydrogens is 392 g/mol. The highest BCUT2D eigenvalue weighted by atomic mass is 16.5. The van der Waals surface area contributed by atoms with Gasteiger partial charge in [-0.3, -0.25) is 4.79 Å². The minimum atomic E-state index is 0.0193. The summed E-state index contributed by atoms with van der Waals surface area (Å²) in [4.78, 5) is 12.4. The SMILES string of the molecule is COC(=O)[C@H](C)[C@@H]1CCC2C3CCC4[C@@]5(C)CCCC(C)(C)C5CC[C@@]4(C)[C@]3(C)CC[C@H]21. The van der Waals surface area contributed by atoms with Crippen LogP contribution in [0.25, 0.3) is 0 Å². The van der Waals surface area contributed by atoms with Gasteiger partial charge in [-0.25, -0.2) is 0 Å². The Morgan fingerprint density at radius 2 is 1.50 bits per heavy atom. The molecule has 0 heterocycles. The van der Waals surface area contributed by atoms with Crippen molar-refractivity contribution in [3.05, 3.63) is 0 Å². The van der Waals surface area contributed by atoms with Crippen molar-refractivity contribution in [2.45, 2.75) is 112 Å². The molecule has 0 saturated heterocycles. The van der Waals surface area contributed by atoms with Crippen molar-refractivity contribution in [2.24, 2.45) is 63.1 Å². The Morgan fingerprint density at radius 1 is 0.781 bits per heavy atom. The third kappa shape index (κ3) is 2.92. The fourth-order valence-electron chi connectivity index (χ4n) is 11.7. The summed E-state index contributed by atoms with van der Waals surface area (Å²) in [6.07, 6.45) is 15.5. The van der Waals surface area contributed by atoms with E-state index in [1.54, 1.807) is 7.11 Å². The molecule has 5 aliphatic rings. The molecule has 0 amide bonds. The van der Waals surface area contributed by atoms with Crippen LogP contribution in [0.1, 0.15) is 112 Å². The van der Waals surface area contributed by atoms with Gasteiger partial charge in [0.05, 0.1) is 13.0 Å². The topological polar surface area (TPSA) is 26.3 Å². The van der Waals surface area contributed by atoms with Crippen molar-refractivity contribution < 1.29 is 9.53 Å². The number of fused-ring (bicyclic) bond motifs is 7. The van der Waals surface area contributed by atoms with Crippen molar-refractivity contribution in [2.75, 3.05) is 7.11 Å². The highest BCUT2D eigenvalue weighted by molar-refractivity contribution is 5.72. The van der Waals surface area contributed by atoms with Crippen LogP contribution >= 0.6 is 0 Å². The molecule has 5 saturated carbocycles. The Hall–Kier alpha value is -0.530. The highest BCUT2D eigenvalue weighted by Crippen LogP contribution is 2.75. The molecule has 2 heteroatoms. The minimum absolute atomic E-state index is 0.0193. The van der Waals surface area contributed by atoms with Gasteiger partial charge in [-0.1, -0.05) is 48.0 Å². The van der Waals surface area contributed by atoms with Gasteiger partial charge < -0.3 is 4.74 Å². The zero-order chi connectivity index (χ0) is 23.1. The number of ether oxygens (including phenoxy) is 1. The molecule has 0 aromatic rings. The lowest BCUT2D eigenvalue weighted by molar-refractivity contribution is -0.227. The molecule has 5 aliphatic carbocycles. The average molecular weight is 443 g/mol. The summed E-state index contributed by atoms with van der Waals surface area (Å²) in [7, 11) is 1.56. The van der Waals surface area contributed by atoms with Gasteiger partial charge in [0.25, 0.3) is 0 Å². The second kappa shape index (κ2) is 7.48. The van der Waals surface area contributed by atoms with E-state index < -0.39 is 0 Å². The number of carbonyl (C=O) groups is 1. The molecule has 0 N–H and O–H groups in total. The van der Waals surface area contributed by atoms with E-state index in [1.807, 2.05) is 0 Å². The summed E-state index contributed by atoms with van der Waals surface area (Å²) < 4.78 is 5.16. The van der Waals surface area contributed by atoms with Crippen molar-refractivity contribution >= 4 is 5.97 Å². The maximum atomic E-state index is 12.4. The molecule has 10 atom stereocenters. The third-order valence-electron chi connectivity index (χ3n) is 13.3. The van der Waals surface area contributed by atoms with E-state index in [0.717, 1.165) is 29.6 Å². The van der Waals surface area contributed by atoms with Crippen LogP contribution in [0.5, 0.6) is 0 Å². The van der Waals surface area contributed by atoms with Gasteiger partial charge in [-0.2, -0.15) is 0 Å². The Balaban J connectivity index is 1.44. The van der Waals surface area contributed by atoms with Crippen LogP contribution in [0.3, 0.4) is 0 Å². The van der Waals surface area contributed by atoms with E-state index in [-0.39, 0.29) is 11.9 Å². The number of hydrogen-bond donors (Lipinski definition) is 0. The predicted molar refractivity (Wildman–Crippen MR) is 131 cm³/mol. The number of rotatable bonds is 2. The number of methoxy groups -OCH3 is 1. The third-order valence-corrected chi connectivity index (χ3v) is 13.3. The molecule has 2 nitrogen and oxygen atoms in total. The number of hydrogen-bond acceptors (Lipinski definition) is 2. The van der Waals surface area contributed by atoms with Crippen LogP contribution in [0.4, 0.5) is 0 Å². The van der Waals surface area contributed by atoms with E-state index >= 15 is 0 Å². The molecule has 4 unspecified atom stereocenters. The average Bonchev–Trinajstić information content (AvgIpc) is 3.16. The fraction of sp³-hybridized carbons (Fsp3) is 0.967. The maximum Gasteiger partial charge on any atom is 0.308 e. The largest absolute Gasteiger partial charge is 0.469 e. The van der Waals surface area contributed by atoms with Gasteiger partial charge in [0, 0.05) is 0 Å². The van der Waals surface area contributed by atoms with Crippen molar-refractivity contribution in [3.8, 4) is 0 Å². The smallest absolute Gasteiger partial charge is 0.308 e. The standard InChI is InChI=1S/C30H50O2/c1-19(26(31)32-7)20-9-10-22-21(20)13-17-29(5)23(22)11-12-25-28(4)16-8-15-27(2,3)24(28)14-18-30(25,29)6/h19-25H,8-18H2,1-7H3/t19-,20+,21+,22?,23?,24?,25?,28+,29-,30-/m1/s1. The molecular formula is C30H50O2. The summed E-state index contributed by atoms with van der Waals surface area (Å²) in [5, 5.41) is 0. The monoisotopic (exact) mass is 442 g/mol. The molecule has 182 valence electrons. The van der Waals surface area contributed by atoms with Crippen LogP contribution in [0.2, 0.25) is 0 Å². The van der Waals surface area contributed by atoms with Crippen molar-refractivity contribution in [1.82, 2.24) is 0 Å². The van der Waals surface area contributed by atoms with Gasteiger partial charge in [0.1, 0.15) is 0 Å². The molecule has 0 aromatic carbocycles. The first-order valence-electron chi connectivity index (χ1n) is 14.1. The summed E-state index contributed by atoms with van der Waals surface area (Å²) >= 11 is 0. The summed E-state index contributed by atoms with van der Waals surface area (Å²) in [5.41, 5.74) is 2.03. The molecule has 0 radical (unpaired) electrons. The van der Waals surface area contributed by atoms with Crippen LogP contribution in [-0.4, -0.2) is 13.1 Å². The lowest BCUT2D eigenvalue weighted by Crippen LogP contribution is -2.64. The van der Waals surface area contributed by atoms with E-state index in [1.165, 1.54) is 70.6 Å². The Kier molecular flexibility index (Phi) is 5.43. The van der Waals surface area contributed by atoms with Gasteiger partial charge in [-0.15, -0.1) is 0 Å². The fourth-order valence-corrected chi connectivity index (χ4v) is 11.7. The molecule has 5 fully saturated rings. The molecule has 0 bridgehead atoms. The van der Waals surface area contributed by atoms with Gasteiger partial charge in [0.2, 0.25) is 0 Å². The van der Waals surface area contributed by atoms with E-state index in [4.69, 9.17) is 4.74 Å². The predicted octanol–water partition coefficient (Wildman–Crippen LogP) is 7.90. The Morgan fingerprint density at radius 3 is 2.22 bits per heavy atom. The van der Waals surface area contributed by atoms with Gasteiger partial charge in [0.15, 0.2) is 0 Å². The molecule has 0 spiro atoms.